The van der Waals surface area contributed by atoms with Crippen LogP contribution in [0.1, 0.15) is 6.42 Å². The minimum absolute atomic E-state index is 0.0301. The summed E-state index contributed by atoms with van der Waals surface area (Å²) in [5.41, 5.74) is 6.17. The lowest BCUT2D eigenvalue weighted by Gasteiger charge is -2.19. The van der Waals surface area contributed by atoms with Crippen LogP contribution in [-0.4, -0.2) is 18.0 Å². The van der Waals surface area contributed by atoms with Gasteiger partial charge in [0.05, 0.1) is 27.6 Å². The zero-order valence-electron chi connectivity index (χ0n) is 9.47. The molecule has 1 aromatic rings. The predicted octanol–water partition coefficient (Wildman–Crippen LogP) is 2.18. The fourth-order valence-electron chi connectivity index (χ4n) is 2.05. The monoisotopic (exact) mass is 266 g/mol. The molecule has 7 heteroatoms. The second kappa shape index (κ2) is 4.70. The molecule has 0 amide bonds. The summed E-state index contributed by atoms with van der Waals surface area (Å²) in [5, 5.41) is 19.8. The van der Waals surface area contributed by atoms with Crippen molar-refractivity contribution in [1.82, 2.24) is 0 Å². The van der Waals surface area contributed by atoms with E-state index in [0.717, 1.165) is 6.42 Å². The summed E-state index contributed by atoms with van der Waals surface area (Å²) in [4.78, 5) is 12.1. The van der Waals surface area contributed by atoms with Gasteiger partial charge in [0.15, 0.2) is 0 Å². The molecule has 0 aromatic heterocycles. The summed E-state index contributed by atoms with van der Waals surface area (Å²) >= 11 is 6.03. The molecule has 0 radical (unpaired) electrons. The van der Waals surface area contributed by atoms with Crippen LogP contribution in [0.4, 0.5) is 17.1 Å². The molecule has 1 atom stereocenters. The van der Waals surface area contributed by atoms with Crippen LogP contribution in [-0.2, 0) is 0 Å². The standard InChI is InChI=1S/C11H11ClN4O2/c12-8-3-11(16(17)18)9(14)4-10(8)15-2-1-7(5-13)6-15/h3-4,7H,1-2,6,14H2/t7-/m0/s1. The summed E-state index contributed by atoms with van der Waals surface area (Å²) in [5.74, 6) is -0.0301. The molecule has 0 bridgehead atoms. The van der Waals surface area contributed by atoms with Crippen LogP contribution in [0.15, 0.2) is 12.1 Å². The number of nitrogens with zero attached hydrogens (tertiary/aromatic N) is 3. The molecule has 1 fully saturated rings. The van der Waals surface area contributed by atoms with E-state index in [0.29, 0.717) is 18.8 Å². The maximum Gasteiger partial charge on any atom is 0.293 e. The highest BCUT2D eigenvalue weighted by Crippen LogP contribution is 2.36. The molecule has 0 saturated carbocycles. The third-order valence-electron chi connectivity index (χ3n) is 3.00. The molecule has 1 aliphatic rings. The predicted molar refractivity (Wildman–Crippen MR) is 68.5 cm³/mol. The normalized spacial score (nSPS) is 18.7. The quantitative estimate of drug-likeness (QED) is 0.503. The minimum atomic E-state index is -0.562. The Kier molecular flexibility index (Phi) is 3.26. The van der Waals surface area contributed by atoms with Crippen molar-refractivity contribution in [3.63, 3.8) is 0 Å². The van der Waals surface area contributed by atoms with Gasteiger partial charge >= 0.3 is 0 Å². The Bertz CT molecular complexity index is 541. The zero-order valence-corrected chi connectivity index (χ0v) is 10.2. The first kappa shape index (κ1) is 12.5. The lowest BCUT2D eigenvalue weighted by molar-refractivity contribution is -0.383. The molecular weight excluding hydrogens is 256 g/mol. The Hall–Kier alpha value is -2.00. The Labute approximate surface area is 109 Å². The van der Waals surface area contributed by atoms with Gasteiger partial charge in [0.25, 0.3) is 5.69 Å². The maximum absolute atomic E-state index is 10.7. The highest BCUT2D eigenvalue weighted by molar-refractivity contribution is 6.33. The smallest absolute Gasteiger partial charge is 0.293 e. The van der Waals surface area contributed by atoms with Crippen molar-refractivity contribution in [3.8, 4) is 6.07 Å². The average molecular weight is 267 g/mol. The molecule has 0 aliphatic carbocycles. The third kappa shape index (κ3) is 2.17. The molecule has 0 unspecified atom stereocenters. The van der Waals surface area contributed by atoms with Gasteiger partial charge in [-0.25, -0.2) is 0 Å². The van der Waals surface area contributed by atoms with Crippen LogP contribution >= 0.6 is 11.6 Å². The molecule has 1 aromatic carbocycles. The fourth-order valence-corrected chi connectivity index (χ4v) is 2.33. The lowest BCUT2D eigenvalue weighted by atomic mass is 10.1. The van der Waals surface area contributed by atoms with E-state index in [2.05, 4.69) is 6.07 Å². The van der Waals surface area contributed by atoms with Gasteiger partial charge in [0, 0.05) is 19.2 Å². The van der Waals surface area contributed by atoms with E-state index in [9.17, 15) is 10.1 Å². The lowest BCUT2D eigenvalue weighted by Crippen LogP contribution is -2.20. The van der Waals surface area contributed by atoms with Crippen LogP contribution in [0.25, 0.3) is 0 Å². The van der Waals surface area contributed by atoms with E-state index in [1.807, 2.05) is 4.90 Å². The van der Waals surface area contributed by atoms with Gasteiger partial charge in [-0.3, -0.25) is 10.1 Å². The number of hydrogen-bond acceptors (Lipinski definition) is 5. The van der Waals surface area contributed by atoms with Gasteiger partial charge in [0.2, 0.25) is 0 Å². The van der Waals surface area contributed by atoms with Gasteiger partial charge in [-0.05, 0) is 12.5 Å². The molecule has 94 valence electrons. The Balaban J connectivity index is 2.33. The number of nitro groups is 1. The van der Waals surface area contributed by atoms with Crippen LogP contribution in [0.3, 0.4) is 0 Å². The highest BCUT2D eigenvalue weighted by atomic mass is 35.5. The van der Waals surface area contributed by atoms with Crippen molar-refractivity contribution >= 4 is 28.7 Å². The van der Waals surface area contributed by atoms with Crippen molar-refractivity contribution in [3.05, 3.63) is 27.3 Å². The molecule has 1 saturated heterocycles. The van der Waals surface area contributed by atoms with E-state index >= 15 is 0 Å². The molecule has 1 heterocycles. The zero-order chi connectivity index (χ0) is 13.3. The number of halogens is 1. The van der Waals surface area contributed by atoms with Crippen LogP contribution < -0.4 is 10.6 Å². The fraction of sp³-hybridized carbons (Fsp3) is 0.364. The third-order valence-corrected chi connectivity index (χ3v) is 3.31. The number of nitro benzene ring substituents is 1. The number of rotatable bonds is 2. The molecule has 6 nitrogen and oxygen atoms in total. The van der Waals surface area contributed by atoms with E-state index in [-0.39, 0.29) is 22.3 Å². The number of nitrogen functional groups attached to an aromatic ring is 1. The summed E-state index contributed by atoms with van der Waals surface area (Å²) in [6, 6.07) is 4.96. The van der Waals surface area contributed by atoms with Crippen molar-refractivity contribution < 1.29 is 4.92 Å². The van der Waals surface area contributed by atoms with Gasteiger partial charge in [-0.1, -0.05) is 11.6 Å². The first-order valence-electron chi connectivity index (χ1n) is 5.41. The van der Waals surface area contributed by atoms with Crippen molar-refractivity contribution in [2.45, 2.75) is 6.42 Å². The molecular formula is C11H11ClN4O2. The Morgan fingerprint density at radius 3 is 2.89 bits per heavy atom. The number of hydrogen-bond donors (Lipinski definition) is 1. The number of anilines is 2. The summed E-state index contributed by atoms with van der Waals surface area (Å²) in [6.45, 7) is 1.28. The van der Waals surface area contributed by atoms with Crippen molar-refractivity contribution in [1.29, 1.82) is 5.26 Å². The van der Waals surface area contributed by atoms with Crippen molar-refractivity contribution in [2.24, 2.45) is 5.92 Å². The second-order valence-corrected chi connectivity index (χ2v) is 4.59. The van der Waals surface area contributed by atoms with Gasteiger partial charge in [-0.2, -0.15) is 5.26 Å². The molecule has 0 spiro atoms. The minimum Gasteiger partial charge on any atom is -0.393 e. The van der Waals surface area contributed by atoms with E-state index < -0.39 is 4.92 Å². The van der Waals surface area contributed by atoms with Gasteiger partial charge in [0.1, 0.15) is 5.69 Å². The summed E-state index contributed by atoms with van der Waals surface area (Å²) in [6.07, 6.45) is 0.768. The Morgan fingerprint density at radius 1 is 1.61 bits per heavy atom. The van der Waals surface area contributed by atoms with E-state index in [1.165, 1.54) is 12.1 Å². The highest BCUT2D eigenvalue weighted by Gasteiger charge is 2.25. The molecule has 2 rings (SSSR count). The first-order valence-corrected chi connectivity index (χ1v) is 5.78. The largest absolute Gasteiger partial charge is 0.393 e. The van der Waals surface area contributed by atoms with Crippen molar-refractivity contribution in [2.75, 3.05) is 23.7 Å². The van der Waals surface area contributed by atoms with Crippen LogP contribution in [0, 0.1) is 27.4 Å². The Morgan fingerprint density at radius 2 is 2.33 bits per heavy atom. The maximum atomic E-state index is 10.7. The summed E-state index contributed by atoms with van der Waals surface area (Å²) in [7, 11) is 0. The topological polar surface area (TPSA) is 96.2 Å². The molecule has 18 heavy (non-hydrogen) atoms. The molecule has 1 aliphatic heterocycles. The van der Waals surface area contributed by atoms with Gasteiger partial charge < -0.3 is 10.6 Å². The second-order valence-electron chi connectivity index (χ2n) is 4.18. The number of benzene rings is 1. The summed E-state index contributed by atoms with van der Waals surface area (Å²) < 4.78 is 0. The van der Waals surface area contributed by atoms with E-state index in [1.54, 1.807) is 0 Å². The van der Waals surface area contributed by atoms with E-state index in [4.69, 9.17) is 22.6 Å². The average Bonchev–Trinajstić information content (AvgIpc) is 2.79. The number of nitriles is 1. The van der Waals surface area contributed by atoms with Crippen LogP contribution in [0.5, 0.6) is 0 Å². The van der Waals surface area contributed by atoms with Gasteiger partial charge in [-0.15, -0.1) is 0 Å². The molecule has 2 N–H and O–H groups in total. The SMILES string of the molecule is N#C[C@@H]1CCN(c2cc(N)c([N+](=O)[O-])cc2Cl)C1. The first-order chi connectivity index (χ1) is 8.52. The number of nitrogens with two attached hydrogens (primary N) is 1. The van der Waals surface area contributed by atoms with Crippen LogP contribution in [0.2, 0.25) is 5.02 Å².